The summed E-state index contributed by atoms with van der Waals surface area (Å²) in [5, 5.41) is 16.6. The molecule has 13 nitrogen and oxygen atoms in total. The van der Waals surface area contributed by atoms with Gasteiger partial charge in [-0.3, -0.25) is 14.4 Å². The highest BCUT2D eigenvalue weighted by Gasteiger charge is 2.42. The van der Waals surface area contributed by atoms with Crippen molar-refractivity contribution in [3.05, 3.63) is 35.4 Å². The Labute approximate surface area is 279 Å². The lowest BCUT2D eigenvalue weighted by Gasteiger charge is -2.22. The molecule has 272 valence electrons. The van der Waals surface area contributed by atoms with Crippen molar-refractivity contribution < 1.29 is 56.5 Å². The Morgan fingerprint density at radius 1 is 0.875 bits per heavy atom. The fourth-order valence-corrected chi connectivity index (χ4v) is 4.26. The lowest BCUT2D eigenvalue weighted by Crippen LogP contribution is -2.53. The van der Waals surface area contributed by atoms with Gasteiger partial charge in [0.25, 0.3) is 5.91 Å². The van der Waals surface area contributed by atoms with Gasteiger partial charge in [-0.25, -0.2) is 9.59 Å². The van der Waals surface area contributed by atoms with Crippen molar-refractivity contribution in [3.63, 3.8) is 0 Å². The Kier molecular flexibility index (Phi) is 18.7. The van der Waals surface area contributed by atoms with Crippen LogP contribution in [0.4, 0.5) is 13.2 Å². The molecule has 0 aromatic heterocycles. The number of alkyl halides is 3. The zero-order valence-corrected chi connectivity index (χ0v) is 28.2. The molecule has 1 aromatic rings. The van der Waals surface area contributed by atoms with E-state index in [9.17, 15) is 42.3 Å². The monoisotopic (exact) mass is 690 g/mol. The van der Waals surface area contributed by atoms with Crippen LogP contribution >= 0.6 is 0 Å². The number of hydrogen-bond donors (Lipinski definition) is 4. The van der Waals surface area contributed by atoms with E-state index < -0.39 is 55.2 Å². The predicted octanol–water partition coefficient (Wildman–Crippen LogP) is 2.42. The van der Waals surface area contributed by atoms with Crippen molar-refractivity contribution in [2.24, 2.45) is 0 Å². The zero-order valence-electron chi connectivity index (χ0n) is 28.2. The SMILES string of the molecule is CCN(CC)CCCC[C@H](NC(=O)COCCOCCNC(=O)c1ccc(C(C)(C)C)cc1)C(=O)N[C@@H](COC(=O)C(F)(F)F)C(=O)O. The average molecular weight is 691 g/mol. The number of carbonyl (C=O) groups excluding carboxylic acids is 4. The van der Waals surface area contributed by atoms with Crippen molar-refractivity contribution in [3.8, 4) is 0 Å². The number of carboxylic acids is 1. The number of rotatable bonds is 22. The lowest BCUT2D eigenvalue weighted by atomic mass is 9.87. The summed E-state index contributed by atoms with van der Waals surface area (Å²) in [6.45, 7) is 11.4. The van der Waals surface area contributed by atoms with Gasteiger partial charge >= 0.3 is 18.1 Å². The summed E-state index contributed by atoms with van der Waals surface area (Å²) in [6, 6.07) is 4.13. The van der Waals surface area contributed by atoms with Gasteiger partial charge in [0, 0.05) is 12.1 Å². The smallest absolute Gasteiger partial charge is 0.480 e. The summed E-state index contributed by atoms with van der Waals surface area (Å²) in [4.78, 5) is 62.4. The third kappa shape index (κ3) is 16.9. The molecule has 0 fully saturated rings. The van der Waals surface area contributed by atoms with Crippen LogP contribution in [0.2, 0.25) is 0 Å². The van der Waals surface area contributed by atoms with Crippen LogP contribution in [0, 0.1) is 0 Å². The second-order valence-corrected chi connectivity index (χ2v) is 11.9. The third-order valence-electron chi connectivity index (χ3n) is 7.14. The molecule has 2 atom stereocenters. The first-order chi connectivity index (χ1) is 22.5. The number of esters is 1. The Bertz CT molecular complexity index is 1170. The summed E-state index contributed by atoms with van der Waals surface area (Å²) in [7, 11) is 0. The zero-order chi connectivity index (χ0) is 36.3. The molecule has 0 heterocycles. The van der Waals surface area contributed by atoms with Crippen LogP contribution in [0.3, 0.4) is 0 Å². The molecule has 16 heteroatoms. The number of benzene rings is 1. The van der Waals surface area contributed by atoms with E-state index in [1.54, 1.807) is 12.1 Å². The molecule has 0 saturated carbocycles. The topological polar surface area (TPSA) is 173 Å². The molecule has 1 rings (SSSR count). The molecule has 1 aromatic carbocycles. The van der Waals surface area contributed by atoms with E-state index in [0.717, 1.165) is 25.2 Å². The van der Waals surface area contributed by atoms with Crippen LogP contribution in [-0.2, 0) is 38.8 Å². The van der Waals surface area contributed by atoms with Crippen LogP contribution in [-0.4, -0.2) is 117 Å². The van der Waals surface area contributed by atoms with Crippen LogP contribution < -0.4 is 16.0 Å². The maximum atomic E-state index is 12.9. The van der Waals surface area contributed by atoms with Crippen molar-refractivity contribution in [1.82, 2.24) is 20.9 Å². The van der Waals surface area contributed by atoms with Gasteiger partial charge in [-0.1, -0.05) is 46.8 Å². The third-order valence-corrected chi connectivity index (χ3v) is 7.14. The molecular weight excluding hydrogens is 641 g/mol. The number of unbranched alkanes of at least 4 members (excludes halogenated alkanes) is 1. The number of ether oxygens (including phenoxy) is 3. The van der Waals surface area contributed by atoms with Crippen LogP contribution in [0.1, 0.15) is 69.8 Å². The van der Waals surface area contributed by atoms with Gasteiger partial charge in [0.05, 0.1) is 19.8 Å². The van der Waals surface area contributed by atoms with E-state index in [-0.39, 0.29) is 44.1 Å². The molecular formula is C32H49F3N4O9. The molecule has 0 aliphatic rings. The highest BCUT2D eigenvalue weighted by atomic mass is 19.4. The molecule has 48 heavy (non-hydrogen) atoms. The van der Waals surface area contributed by atoms with E-state index >= 15 is 0 Å². The maximum absolute atomic E-state index is 12.9. The van der Waals surface area contributed by atoms with Crippen LogP contribution in [0.15, 0.2) is 24.3 Å². The second kappa shape index (κ2) is 21.3. The van der Waals surface area contributed by atoms with Gasteiger partial charge in [-0.15, -0.1) is 0 Å². The van der Waals surface area contributed by atoms with Crippen LogP contribution in [0.5, 0.6) is 0 Å². The fraction of sp³-hybridized carbons (Fsp3) is 0.656. The van der Waals surface area contributed by atoms with E-state index in [1.165, 1.54) is 0 Å². The Morgan fingerprint density at radius 3 is 2.06 bits per heavy atom. The van der Waals surface area contributed by atoms with Crippen molar-refractivity contribution in [1.29, 1.82) is 0 Å². The number of nitrogens with zero attached hydrogens (tertiary/aromatic N) is 1. The summed E-state index contributed by atoms with van der Waals surface area (Å²) in [5.41, 5.74) is 1.61. The average Bonchev–Trinajstić information content (AvgIpc) is 3.02. The second-order valence-electron chi connectivity index (χ2n) is 11.9. The van der Waals surface area contributed by atoms with Crippen molar-refractivity contribution in [2.75, 3.05) is 59.2 Å². The summed E-state index contributed by atoms with van der Waals surface area (Å²) >= 11 is 0. The number of aliphatic carboxylic acids is 1. The predicted molar refractivity (Wildman–Crippen MR) is 169 cm³/mol. The number of carboxylic acid groups (broad SMARTS) is 1. The molecule has 0 spiro atoms. The van der Waals surface area contributed by atoms with Gasteiger partial charge in [0.1, 0.15) is 19.3 Å². The summed E-state index contributed by atoms with van der Waals surface area (Å²) < 4.78 is 52.0. The minimum Gasteiger partial charge on any atom is -0.480 e. The van der Waals surface area contributed by atoms with E-state index in [1.807, 2.05) is 31.3 Å². The fourth-order valence-electron chi connectivity index (χ4n) is 4.26. The van der Waals surface area contributed by atoms with Gasteiger partial charge in [-0.05, 0) is 62.0 Å². The Morgan fingerprint density at radius 2 is 1.50 bits per heavy atom. The highest BCUT2D eigenvalue weighted by molar-refractivity contribution is 5.94. The first kappa shape index (κ1) is 42.3. The molecule has 0 aliphatic carbocycles. The summed E-state index contributed by atoms with van der Waals surface area (Å²) in [5.74, 6) is -6.24. The van der Waals surface area contributed by atoms with E-state index in [4.69, 9.17) is 9.47 Å². The minimum absolute atomic E-state index is 0.0159. The molecule has 0 radical (unpaired) electrons. The maximum Gasteiger partial charge on any atom is 0.490 e. The van der Waals surface area contributed by atoms with Gasteiger partial charge in [-0.2, -0.15) is 13.2 Å². The molecule has 4 N–H and O–H groups in total. The summed E-state index contributed by atoms with van der Waals surface area (Å²) in [6.07, 6.45) is -4.12. The molecule has 0 aliphatic heterocycles. The van der Waals surface area contributed by atoms with Crippen molar-refractivity contribution >= 4 is 29.7 Å². The molecule has 0 saturated heterocycles. The van der Waals surface area contributed by atoms with Gasteiger partial charge in [0.15, 0.2) is 6.04 Å². The molecule has 0 bridgehead atoms. The standard InChI is InChI=1S/C32H49F3N4O9/c1-6-39(7-2)16-9-8-10-24(28(42)38-25(29(43)44)20-48-30(45)32(33,34)35)37-26(40)21-47-19-18-46-17-15-36-27(41)22-11-13-23(14-12-22)31(3,4)5/h11-14,24-25H,6-10,15-21H2,1-5H3,(H,36,41)(H,37,40)(H,38,42)(H,43,44)/t24-,25-/m0/s1. The van der Waals surface area contributed by atoms with E-state index in [2.05, 4.69) is 41.0 Å². The first-order valence-corrected chi connectivity index (χ1v) is 15.8. The number of halogens is 3. The van der Waals surface area contributed by atoms with Crippen molar-refractivity contribution in [2.45, 2.75) is 77.6 Å². The lowest BCUT2D eigenvalue weighted by molar-refractivity contribution is -0.200. The molecule has 0 unspecified atom stereocenters. The Hall–Kier alpha value is -3.76. The van der Waals surface area contributed by atoms with Gasteiger partial charge in [0.2, 0.25) is 11.8 Å². The number of nitrogens with one attached hydrogen (secondary N) is 3. The largest absolute Gasteiger partial charge is 0.490 e. The highest BCUT2D eigenvalue weighted by Crippen LogP contribution is 2.22. The normalized spacial score (nSPS) is 13.0. The first-order valence-electron chi connectivity index (χ1n) is 15.8. The van der Waals surface area contributed by atoms with E-state index in [0.29, 0.717) is 18.4 Å². The number of hydrogen-bond acceptors (Lipinski definition) is 9. The van der Waals surface area contributed by atoms with Gasteiger partial charge < -0.3 is 40.2 Å². The Balaban J connectivity index is 2.54. The number of carbonyl (C=O) groups is 5. The van der Waals surface area contributed by atoms with Crippen LogP contribution in [0.25, 0.3) is 0 Å². The quantitative estimate of drug-likeness (QED) is 0.105. The molecule has 3 amide bonds. The minimum atomic E-state index is -5.34. The number of amides is 3.